The zero-order chi connectivity index (χ0) is 8.98. The maximum atomic E-state index is 12.4. The molecule has 68 valence electrons. The van der Waals surface area contributed by atoms with E-state index in [1.807, 2.05) is 0 Å². The maximum Gasteiger partial charge on any atom is 0.486 e. The van der Waals surface area contributed by atoms with Crippen LogP contribution < -0.4 is 5.32 Å². The number of hydrogen-bond donors (Lipinski definition) is 1. The lowest BCUT2D eigenvalue weighted by molar-refractivity contribution is -0.133. The molecular weight excluding hydrogens is 170 g/mol. The Kier molecular flexibility index (Phi) is 1.31. The number of nitrogens with one attached hydrogen (secondary N) is 1. The summed E-state index contributed by atoms with van der Waals surface area (Å²) in [6.45, 7) is -4.99. The third-order valence-corrected chi connectivity index (χ3v) is 2.99. The monoisotopic (exact) mass is 178 g/mol. The van der Waals surface area contributed by atoms with Crippen molar-refractivity contribution in [1.29, 1.82) is 0 Å². The molecule has 3 fully saturated rings. The first-order valence-electron chi connectivity index (χ1n) is 3.92. The third kappa shape index (κ3) is 0.806. The largest absolute Gasteiger partial charge is 0.486 e. The van der Waals surface area contributed by atoms with Crippen molar-refractivity contribution < 1.29 is 17.7 Å². The molecule has 1 amide bonds. The molecule has 1 aliphatic carbocycles. The van der Waals surface area contributed by atoms with E-state index < -0.39 is 12.3 Å². The van der Waals surface area contributed by atoms with Gasteiger partial charge in [-0.1, -0.05) is 12.8 Å². The van der Waals surface area contributed by atoms with Crippen LogP contribution in [0.2, 0.25) is 5.31 Å². The zero-order valence-electron chi connectivity index (χ0n) is 6.32. The van der Waals surface area contributed by atoms with Crippen molar-refractivity contribution in [3.05, 3.63) is 0 Å². The minimum absolute atomic E-state index is 0.0162. The average Bonchev–Trinajstić information content (AvgIpc) is 1.82. The van der Waals surface area contributed by atoms with Gasteiger partial charge in [0.25, 0.3) is 0 Å². The van der Waals surface area contributed by atoms with Crippen LogP contribution in [0.1, 0.15) is 12.8 Å². The van der Waals surface area contributed by atoms with E-state index in [2.05, 4.69) is 5.32 Å². The molecule has 6 heteroatoms. The van der Waals surface area contributed by atoms with Crippen LogP contribution in [0.4, 0.5) is 12.9 Å². The maximum absolute atomic E-state index is 12.4. The molecule has 0 aromatic rings. The molecule has 2 nitrogen and oxygen atoms in total. The second-order valence-electron chi connectivity index (χ2n) is 3.76. The van der Waals surface area contributed by atoms with E-state index in [0.717, 1.165) is 0 Å². The van der Waals surface area contributed by atoms with Gasteiger partial charge in [0.2, 0.25) is 5.91 Å². The molecule has 2 bridgehead atoms. The van der Waals surface area contributed by atoms with Gasteiger partial charge in [0, 0.05) is 5.92 Å². The van der Waals surface area contributed by atoms with Crippen LogP contribution in [-0.2, 0) is 4.79 Å². The van der Waals surface area contributed by atoms with Gasteiger partial charge in [-0.2, -0.15) is 0 Å². The number of rotatable bonds is 1. The predicted molar refractivity (Wildman–Crippen MR) is 37.5 cm³/mol. The summed E-state index contributed by atoms with van der Waals surface area (Å²) in [5.74, 6) is -0.584. The summed E-state index contributed by atoms with van der Waals surface area (Å²) in [6.07, 6.45) is 0.0324. The highest BCUT2D eigenvalue weighted by atomic mass is 19.4. The first-order chi connectivity index (χ1) is 5.45. The third-order valence-electron chi connectivity index (χ3n) is 2.99. The van der Waals surface area contributed by atoms with Crippen molar-refractivity contribution in [1.82, 2.24) is 5.32 Å². The van der Waals surface area contributed by atoms with Crippen molar-refractivity contribution >= 4 is 12.9 Å². The van der Waals surface area contributed by atoms with Crippen molar-refractivity contribution in [2.24, 2.45) is 5.92 Å². The summed E-state index contributed by atoms with van der Waals surface area (Å²) in [7, 11) is 0. The minimum atomic E-state index is -4.79. The Labute approximate surface area is 67.6 Å². The molecular formula is C6H8BF3NO-. The Morgan fingerprint density at radius 2 is 2.00 bits per heavy atom. The Bertz CT molecular complexity index is 228. The van der Waals surface area contributed by atoms with E-state index >= 15 is 0 Å². The molecule has 12 heavy (non-hydrogen) atoms. The number of carbonyl (C=O) groups is 1. The number of amides is 1. The van der Waals surface area contributed by atoms with Crippen molar-refractivity contribution in [3.63, 3.8) is 0 Å². The highest BCUT2D eigenvalue weighted by molar-refractivity contribution is 6.63. The second-order valence-corrected chi connectivity index (χ2v) is 3.76. The molecule has 1 N–H and O–H groups in total. The molecule has 1 saturated carbocycles. The lowest BCUT2D eigenvalue weighted by atomic mass is 9.42. The SMILES string of the molecule is O=C1NCC2([B-](F)(F)F)CC1C2. The van der Waals surface area contributed by atoms with Gasteiger partial charge in [-0.25, -0.2) is 0 Å². The molecule has 2 aliphatic heterocycles. The predicted octanol–water partition coefficient (Wildman–Crippen LogP) is 1.11. The van der Waals surface area contributed by atoms with E-state index in [0.29, 0.717) is 0 Å². The van der Waals surface area contributed by atoms with Crippen molar-refractivity contribution in [3.8, 4) is 0 Å². The van der Waals surface area contributed by atoms with Gasteiger partial charge in [0.05, 0.1) is 0 Å². The van der Waals surface area contributed by atoms with Crippen LogP contribution >= 0.6 is 0 Å². The smallest absolute Gasteiger partial charge is 0.448 e. The van der Waals surface area contributed by atoms with Crippen molar-refractivity contribution in [2.75, 3.05) is 6.54 Å². The Morgan fingerprint density at radius 1 is 1.42 bits per heavy atom. The van der Waals surface area contributed by atoms with Crippen LogP contribution in [0.5, 0.6) is 0 Å². The highest BCUT2D eigenvalue weighted by Crippen LogP contribution is 2.61. The first-order valence-corrected chi connectivity index (χ1v) is 3.92. The molecule has 0 unspecified atom stereocenters. The normalized spacial score (nSPS) is 40.2. The molecule has 2 heterocycles. The summed E-state index contributed by atoms with van der Waals surface area (Å²) in [4.78, 5) is 10.8. The van der Waals surface area contributed by atoms with E-state index in [9.17, 15) is 17.7 Å². The van der Waals surface area contributed by atoms with Gasteiger partial charge in [0.15, 0.2) is 0 Å². The van der Waals surface area contributed by atoms with E-state index in [-0.39, 0.29) is 31.2 Å². The standard InChI is InChI=1S/C6H8BF3NO/c8-7(9,10)6-1-4(2-6)5(12)11-3-6/h4H,1-3H2,(H,11,12)/q-1. The van der Waals surface area contributed by atoms with Crippen LogP contribution in [-0.4, -0.2) is 19.4 Å². The highest BCUT2D eigenvalue weighted by Gasteiger charge is 2.61. The van der Waals surface area contributed by atoms with Crippen LogP contribution in [0.25, 0.3) is 0 Å². The van der Waals surface area contributed by atoms with E-state index in [1.165, 1.54) is 0 Å². The molecule has 2 saturated heterocycles. The average molecular weight is 178 g/mol. The van der Waals surface area contributed by atoms with Crippen LogP contribution in [0, 0.1) is 5.92 Å². The number of fused-ring (bicyclic) bond motifs is 2. The van der Waals surface area contributed by atoms with Crippen LogP contribution in [0.15, 0.2) is 0 Å². The quantitative estimate of drug-likeness (QED) is 0.598. The topological polar surface area (TPSA) is 29.1 Å². The summed E-state index contributed by atoms with van der Waals surface area (Å²) in [6, 6.07) is 0. The van der Waals surface area contributed by atoms with Gasteiger partial charge in [-0.15, -0.1) is 0 Å². The van der Waals surface area contributed by atoms with Gasteiger partial charge in [-0.05, 0) is 11.9 Å². The lowest BCUT2D eigenvalue weighted by Gasteiger charge is -2.57. The zero-order valence-corrected chi connectivity index (χ0v) is 6.32. The number of hydrogen-bond acceptors (Lipinski definition) is 1. The first kappa shape index (κ1) is 7.95. The Morgan fingerprint density at radius 3 is 2.33 bits per heavy atom. The van der Waals surface area contributed by atoms with Crippen molar-refractivity contribution in [2.45, 2.75) is 18.2 Å². The van der Waals surface area contributed by atoms with E-state index in [1.54, 1.807) is 0 Å². The fourth-order valence-electron chi connectivity index (χ4n) is 2.04. The fraction of sp³-hybridized carbons (Fsp3) is 0.833. The Balaban J connectivity index is 2.16. The van der Waals surface area contributed by atoms with Gasteiger partial charge < -0.3 is 18.3 Å². The number of halogens is 3. The fourth-order valence-corrected chi connectivity index (χ4v) is 2.04. The lowest BCUT2D eigenvalue weighted by Crippen LogP contribution is -2.61. The van der Waals surface area contributed by atoms with Gasteiger partial charge in [-0.3, -0.25) is 4.79 Å². The molecule has 3 rings (SSSR count). The summed E-state index contributed by atoms with van der Waals surface area (Å²) < 4.78 is 37.2. The van der Waals surface area contributed by atoms with Gasteiger partial charge >= 0.3 is 6.98 Å². The second kappa shape index (κ2) is 1.97. The summed E-state index contributed by atoms with van der Waals surface area (Å²) in [5.41, 5.74) is 0. The van der Waals surface area contributed by atoms with Gasteiger partial charge in [0.1, 0.15) is 0 Å². The Hall–Kier alpha value is -0.675. The molecule has 0 aromatic carbocycles. The number of carbonyl (C=O) groups excluding carboxylic acids is 1. The molecule has 0 aromatic heterocycles. The molecule has 0 radical (unpaired) electrons. The number of piperidine rings is 2. The van der Waals surface area contributed by atoms with E-state index in [4.69, 9.17) is 0 Å². The summed E-state index contributed by atoms with van der Waals surface area (Å²) in [5, 5.41) is 0.756. The molecule has 3 aliphatic rings. The molecule has 0 spiro atoms. The summed E-state index contributed by atoms with van der Waals surface area (Å²) >= 11 is 0. The van der Waals surface area contributed by atoms with Crippen LogP contribution in [0.3, 0.4) is 0 Å². The minimum Gasteiger partial charge on any atom is -0.448 e. The molecule has 0 atom stereocenters.